The molecule has 5 heteroatoms. The molecule has 0 radical (unpaired) electrons. The van der Waals surface area contributed by atoms with Gasteiger partial charge in [0.15, 0.2) is 0 Å². The van der Waals surface area contributed by atoms with E-state index in [4.69, 9.17) is 4.42 Å². The molecule has 0 aliphatic rings. The molecule has 1 aromatic carbocycles. The number of amides is 1. The molecule has 1 unspecified atom stereocenters. The summed E-state index contributed by atoms with van der Waals surface area (Å²) in [7, 11) is 3.85. The number of carbonyl (C=O) groups excluding carboxylic acids is 1. The first-order valence-corrected chi connectivity index (χ1v) is 6.77. The molecule has 0 fully saturated rings. The van der Waals surface area contributed by atoms with Gasteiger partial charge in [-0.25, -0.2) is 4.39 Å². The van der Waals surface area contributed by atoms with E-state index in [1.807, 2.05) is 31.1 Å². The summed E-state index contributed by atoms with van der Waals surface area (Å²) < 4.78 is 18.5. The Morgan fingerprint density at radius 2 is 2.14 bits per heavy atom. The fraction of sp³-hybridized carbons (Fsp3) is 0.312. The van der Waals surface area contributed by atoms with Crippen LogP contribution in [0.3, 0.4) is 0 Å². The minimum Gasteiger partial charge on any atom is -0.468 e. The van der Waals surface area contributed by atoms with Crippen LogP contribution in [0.2, 0.25) is 0 Å². The van der Waals surface area contributed by atoms with E-state index in [1.165, 1.54) is 12.1 Å². The summed E-state index contributed by atoms with van der Waals surface area (Å²) in [5.41, 5.74) is 0.659. The van der Waals surface area contributed by atoms with E-state index >= 15 is 0 Å². The smallest absolute Gasteiger partial charge is 0.224 e. The SMILES string of the molecule is CN(C)C(CNC(=O)Cc1cccc(F)c1)c1ccco1. The van der Waals surface area contributed by atoms with Gasteiger partial charge in [-0.15, -0.1) is 0 Å². The van der Waals surface area contributed by atoms with Crippen LogP contribution < -0.4 is 5.32 Å². The quantitative estimate of drug-likeness (QED) is 0.888. The second-order valence-corrected chi connectivity index (χ2v) is 5.11. The zero-order valence-corrected chi connectivity index (χ0v) is 12.2. The summed E-state index contributed by atoms with van der Waals surface area (Å²) in [4.78, 5) is 13.9. The number of nitrogens with zero attached hydrogens (tertiary/aromatic N) is 1. The van der Waals surface area contributed by atoms with Gasteiger partial charge in [0.05, 0.1) is 18.7 Å². The van der Waals surface area contributed by atoms with Crippen LogP contribution in [-0.2, 0) is 11.2 Å². The number of carbonyl (C=O) groups is 1. The Morgan fingerprint density at radius 1 is 1.33 bits per heavy atom. The van der Waals surface area contributed by atoms with Crippen molar-refractivity contribution in [2.45, 2.75) is 12.5 Å². The van der Waals surface area contributed by atoms with Crippen molar-refractivity contribution >= 4 is 5.91 Å². The Hall–Kier alpha value is -2.14. The second-order valence-electron chi connectivity index (χ2n) is 5.11. The lowest BCUT2D eigenvalue weighted by Crippen LogP contribution is -2.35. The summed E-state index contributed by atoms with van der Waals surface area (Å²) in [6, 6.07) is 9.73. The van der Waals surface area contributed by atoms with Crippen molar-refractivity contribution in [2.75, 3.05) is 20.6 Å². The molecule has 2 aromatic rings. The Balaban J connectivity index is 1.90. The van der Waals surface area contributed by atoms with Gasteiger partial charge in [0.1, 0.15) is 11.6 Å². The molecule has 0 saturated heterocycles. The number of benzene rings is 1. The standard InChI is InChI=1S/C16H19FN2O2/c1-19(2)14(15-7-4-8-21-15)11-18-16(20)10-12-5-3-6-13(17)9-12/h3-9,14H,10-11H2,1-2H3,(H,18,20). The highest BCUT2D eigenvalue weighted by Crippen LogP contribution is 2.17. The molecule has 4 nitrogen and oxygen atoms in total. The van der Waals surface area contributed by atoms with Crippen molar-refractivity contribution in [2.24, 2.45) is 0 Å². The van der Waals surface area contributed by atoms with E-state index in [1.54, 1.807) is 18.4 Å². The summed E-state index contributed by atoms with van der Waals surface area (Å²) in [5.74, 6) is 0.326. The number of hydrogen-bond donors (Lipinski definition) is 1. The van der Waals surface area contributed by atoms with Gasteiger partial charge in [0.25, 0.3) is 0 Å². The van der Waals surface area contributed by atoms with Crippen molar-refractivity contribution in [1.29, 1.82) is 0 Å². The van der Waals surface area contributed by atoms with Crippen LogP contribution in [0.1, 0.15) is 17.4 Å². The first-order chi connectivity index (χ1) is 10.1. The summed E-state index contributed by atoms with van der Waals surface area (Å²) in [6.07, 6.45) is 1.77. The maximum absolute atomic E-state index is 13.1. The largest absolute Gasteiger partial charge is 0.468 e. The molecule has 0 saturated carbocycles. The van der Waals surface area contributed by atoms with Crippen molar-refractivity contribution in [1.82, 2.24) is 10.2 Å². The molecule has 0 aliphatic heterocycles. The number of nitrogens with one attached hydrogen (secondary N) is 1. The minimum absolute atomic E-state index is 0.0311. The van der Waals surface area contributed by atoms with E-state index in [0.717, 1.165) is 5.76 Å². The lowest BCUT2D eigenvalue weighted by Gasteiger charge is -2.22. The van der Waals surface area contributed by atoms with E-state index in [0.29, 0.717) is 12.1 Å². The maximum Gasteiger partial charge on any atom is 0.224 e. The predicted molar refractivity (Wildman–Crippen MR) is 78.2 cm³/mol. The average molecular weight is 290 g/mol. The Morgan fingerprint density at radius 3 is 2.76 bits per heavy atom. The molecule has 21 heavy (non-hydrogen) atoms. The Bertz CT molecular complexity index is 582. The lowest BCUT2D eigenvalue weighted by molar-refractivity contribution is -0.120. The summed E-state index contributed by atoms with van der Waals surface area (Å²) in [6.45, 7) is 0.439. The third-order valence-corrected chi connectivity index (χ3v) is 3.24. The number of halogens is 1. The van der Waals surface area contributed by atoms with Crippen molar-refractivity contribution in [3.8, 4) is 0 Å². The van der Waals surface area contributed by atoms with E-state index in [-0.39, 0.29) is 24.2 Å². The number of rotatable bonds is 6. The van der Waals surface area contributed by atoms with Gasteiger partial charge in [0, 0.05) is 6.54 Å². The molecule has 1 atom stereocenters. The maximum atomic E-state index is 13.1. The molecule has 112 valence electrons. The van der Waals surface area contributed by atoms with Gasteiger partial charge in [-0.05, 0) is 43.9 Å². The lowest BCUT2D eigenvalue weighted by atomic mass is 10.1. The van der Waals surface area contributed by atoms with Crippen LogP contribution in [-0.4, -0.2) is 31.4 Å². The van der Waals surface area contributed by atoms with Gasteiger partial charge in [-0.2, -0.15) is 0 Å². The molecule has 0 spiro atoms. The number of hydrogen-bond acceptors (Lipinski definition) is 3. The van der Waals surface area contributed by atoms with Crippen LogP contribution in [0.25, 0.3) is 0 Å². The molecule has 0 bridgehead atoms. The van der Waals surface area contributed by atoms with Gasteiger partial charge in [0.2, 0.25) is 5.91 Å². The third kappa shape index (κ3) is 4.43. The van der Waals surface area contributed by atoms with E-state index in [9.17, 15) is 9.18 Å². The highest BCUT2D eigenvalue weighted by Gasteiger charge is 2.17. The zero-order valence-electron chi connectivity index (χ0n) is 12.2. The topological polar surface area (TPSA) is 45.5 Å². The average Bonchev–Trinajstić information content (AvgIpc) is 2.92. The number of likely N-dealkylation sites (N-methyl/N-ethyl adjacent to an activating group) is 1. The highest BCUT2D eigenvalue weighted by molar-refractivity contribution is 5.78. The van der Waals surface area contributed by atoms with E-state index < -0.39 is 0 Å². The Labute approximate surface area is 123 Å². The fourth-order valence-corrected chi connectivity index (χ4v) is 2.12. The summed E-state index contributed by atoms with van der Waals surface area (Å²) >= 11 is 0. The van der Waals surface area contributed by atoms with Gasteiger partial charge in [-0.1, -0.05) is 12.1 Å². The zero-order chi connectivity index (χ0) is 15.2. The highest BCUT2D eigenvalue weighted by atomic mass is 19.1. The summed E-state index contributed by atoms with van der Waals surface area (Å²) in [5, 5.41) is 2.86. The van der Waals surface area contributed by atoms with Crippen molar-refractivity contribution < 1.29 is 13.6 Å². The first kappa shape index (κ1) is 15.3. The van der Waals surface area contributed by atoms with Gasteiger partial charge < -0.3 is 9.73 Å². The van der Waals surface area contributed by atoms with E-state index in [2.05, 4.69) is 5.32 Å². The van der Waals surface area contributed by atoms with Crippen molar-refractivity contribution in [3.05, 3.63) is 59.8 Å². The molecule has 1 heterocycles. The predicted octanol–water partition coefficient (Wildman–Crippen LogP) is 2.38. The van der Waals surface area contributed by atoms with Gasteiger partial charge >= 0.3 is 0 Å². The Kier molecular flexibility index (Phi) is 5.11. The molecule has 0 aliphatic carbocycles. The molecular weight excluding hydrogens is 271 g/mol. The van der Waals surface area contributed by atoms with Crippen molar-refractivity contribution in [3.63, 3.8) is 0 Å². The first-order valence-electron chi connectivity index (χ1n) is 6.77. The second kappa shape index (κ2) is 7.04. The molecule has 1 amide bonds. The van der Waals surface area contributed by atoms with Gasteiger partial charge in [-0.3, -0.25) is 9.69 Å². The molecule has 1 N–H and O–H groups in total. The monoisotopic (exact) mass is 290 g/mol. The molecular formula is C16H19FN2O2. The normalized spacial score (nSPS) is 12.4. The van der Waals surface area contributed by atoms with Crippen LogP contribution >= 0.6 is 0 Å². The molecule has 1 aromatic heterocycles. The molecule has 2 rings (SSSR count). The third-order valence-electron chi connectivity index (χ3n) is 3.24. The van der Waals surface area contributed by atoms with Crippen LogP contribution in [0.4, 0.5) is 4.39 Å². The number of furan rings is 1. The van der Waals surface area contributed by atoms with Crippen LogP contribution in [0.15, 0.2) is 47.1 Å². The fourth-order valence-electron chi connectivity index (χ4n) is 2.12. The van der Waals surface area contributed by atoms with Crippen LogP contribution in [0.5, 0.6) is 0 Å². The van der Waals surface area contributed by atoms with Crippen LogP contribution in [0, 0.1) is 5.82 Å². The minimum atomic E-state index is -0.331.